The maximum absolute atomic E-state index is 14.2. The molecule has 0 spiro atoms. The van der Waals surface area contributed by atoms with Gasteiger partial charge in [-0.05, 0) is 148 Å². The van der Waals surface area contributed by atoms with Gasteiger partial charge in [0.05, 0.1) is 49.5 Å². The molecule has 2 aromatic heterocycles. The number of carbonyl (C=O) groups excluding carboxylic acids is 4. The summed E-state index contributed by atoms with van der Waals surface area (Å²) >= 11 is 2.88. The Morgan fingerprint density at radius 3 is 1.43 bits per heavy atom. The highest BCUT2D eigenvalue weighted by Gasteiger charge is 2.39. The Bertz CT molecular complexity index is 2240. The molecule has 2 unspecified atom stereocenters. The molecule has 2 aliphatic rings. The minimum Gasteiger partial charge on any atom is -0.363 e. The number of hydrogen-bond acceptors (Lipinski definition) is 16. The summed E-state index contributed by atoms with van der Waals surface area (Å²) in [5.41, 5.74) is 0. The Hall–Kier alpha value is -5.88. The lowest BCUT2D eigenvalue weighted by molar-refractivity contribution is -0.142. The Labute approximate surface area is 405 Å². The third-order valence-corrected chi connectivity index (χ3v) is 13.8. The summed E-state index contributed by atoms with van der Waals surface area (Å²) in [5, 5.41) is 37.5. The van der Waals surface area contributed by atoms with Gasteiger partial charge in [-0.3, -0.25) is 19.2 Å². The molecule has 4 aromatic rings. The lowest BCUT2D eigenvalue weighted by atomic mass is 10.1. The average Bonchev–Trinajstić information content (AvgIpc) is 4.20. The van der Waals surface area contributed by atoms with E-state index in [0.29, 0.717) is 36.5 Å². The maximum atomic E-state index is 14.2. The number of nitrogens with zero attached hydrogens (tertiary/aromatic N) is 10. The molecule has 0 saturated carbocycles. The zero-order chi connectivity index (χ0) is 48.4. The summed E-state index contributed by atoms with van der Waals surface area (Å²) in [4.78, 5) is 60.3. The minimum absolute atomic E-state index is 0.0667. The van der Waals surface area contributed by atoms with Crippen molar-refractivity contribution < 1.29 is 28.7 Å². The molecule has 0 bridgehead atoms. The first kappa shape index (κ1) is 51.5. The predicted octanol–water partition coefficient (Wildman–Crippen LogP) is 1.65. The molecule has 6 rings (SSSR count). The van der Waals surface area contributed by atoms with Gasteiger partial charge in [0.2, 0.25) is 33.9 Å². The molecule has 2 fully saturated rings. The molecule has 2 aliphatic heterocycles. The van der Waals surface area contributed by atoms with Gasteiger partial charge in [0, 0.05) is 22.9 Å². The van der Waals surface area contributed by atoms with Crippen LogP contribution in [0.3, 0.4) is 0 Å². The number of likely N-dealkylation sites (N-methyl/N-ethyl adjacent to an activating group) is 2. The van der Waals surface area contributed by atoms with Gasteiger partial charge in [-0.25, -0.2) is 9.36 Å². The third-order valence-electron chi connectivity index (χ3n) is 11.8. The number of likely N-dealkylation sites (tertiary alicyclic amines) is 2. The summed E-state index contributed by atoms with van der Waals surface area (Å²) in [6.07, 6.45) is 1.58. The van der Waals surface area contributed by atoms with E-state index in [-0.39, 0.29) is 48.9 Å². The summed E-state index contributed by atoms with van der Waals surface area (Å²) in [6.45, 7) is 8.54. The van der Waals surface area contributed by atoms with Crippen LogP contribution < -0.4 is 21.3 Å². The van der Waals surface area contributed by atoms with Crippen LogP contribution in [0.15, 0.2) is 80.8 Å². The van der Waals surface area contributed by atoms with Gasteiger partial charge >= 0.3 is 0 Å². The first-order valence-electron chi connectivity index (χ1n) is 22.7. The number of tetrazole rings is 2. The van der Waals surface area contributed by atoms with Crippen molar-refractivity contribution in [3.63, 3.8) is 0 Å². The van der Waals surface area contributed by atoms with Gasteiger partial charge in [0.25, 0.3) is 0 Å². The molecular formula is C46H60N14O6S2. The normalized spacial score (nSPS) is 18.3. The van der Waals surface area contributed by atoms with Crippen molar-refractivity contribution in [2.24, 2.45) is 0 Å². The highest BCUT2D eigenvalue weighted by atomic mass is 32.2. The Kier molecular flexibility index (Phi) is 19.7. The molecule has 4 N–H and O–H groups in total. The van der Waals surface area contributed by atoms with Gasteiger partial charge in [-0.2, -0.15) is 0 Å². The van der Waals surface area contributed by atoms with Crippen LogP contribution in [0.5, 0.6) is 0 Å². The van der Waals surface area contributed by atoms with E-state index in [0.717, 1.165) is 35.5 Å². The van der Waals surface area contributed by atoms with E-state index in [4.69, 9.17) is 9.47 Å². The second kappa shape index (κ2) is 26.0. The average molecular weight is 969 g/mol. The summed E-state index contributed by atoms with van der Waals surface area (Å²) in [5.74, 6) is 10.00. The maximum Gasteiger partial charge on any atom is 0.248 e. The molecule has 0 radical (unpaired) electrons. The largest absolute Gasteiger partial charge is 0.363 e. The second-order valence-electron chi connectivity index (χ2n) is 16.4. The van der Waals surface area contributed by atoms with E-state index < -0.39 is 36.4 Å². The Morgan fingerprint density at radius 2 is 1.04 bits per heavy atom. The quantitative estimate of drug-likeness (QED) is 0.0822. The molecular weight excluding hydrogens is 909 g/mol. The fourth-order valence-electron chi connectivity index (χ4n) is 7.62. The number of nitrogens with one attached hydrogen (secondary N) is 4. The number of amides is 4. The molecule has 4 heterocycles. The van der Waals surface area contributed by atoms with Gasteiger partial charge in [0.15, 0.2) is 0 Å². The van der Waals surface area contributed by atoms with E-state index in [9.17, 15) is 19.2 Å². The lowest BCUT2D eigenvalue weighted by Gasteiger charge is -2.32. The van der Waals surface area contributed by atoms with Crippen LogP contribution >= 0.6 is 23.5 Å². The van der Waals surface area contributed by atoms with E-state index >= 15 is 0 Å². The van der Waals surface area contributed by atoms with Crippen LogP contribution in [0.1, 0.15) is 53.4 Å². The molecule has 362 valence electrons. The Morgan fingerprint density at radius 1 is 0.647 bits per heavy atom. The number of hydrogen-bond donors (Lipinski definition) is 4. The Balaban J connectivity index is 1.04. The topological polar surface area (TPSA) is 229 Å². The predicted molar refractivity (Wildman–Crippen MR) is 254 cm³/mol. The van der Waals surface area contributed by atoms with Crippen molar-refractivity contribution in [3.05, 3.63) is 60.7 Å². The molecule has 2 saturated heterocycles. The molecule has 8 atom stereocenters. The number of rotatable bonds is 22. The summed E-state index contributed by atoms with van der Waals surface area (Å²) in [6, 6.07) is 16.1. The molecule has 2 aromatic carbocycles. The zero-order valence-electron chi connectivity index (χ0n) is 39.2. The van der Waals surface area contributed by atoms with Crippen molar-refractivity contribution in [1.82, 2.24) is 71.5 Å². The number of carbonyl (C=O) groups is 4. The van der Waals surface area contributed by atoms with E-state index in [1.807, 2.05) is 60.7 Å². The molecule has 0 aliphatic carbocycles. The number of aromatic nitrogens is 8. The molecule has 4 amide bonds. The second-order valence-corrected chi connectivity index (χ2v) is 18.5. The van der Waals surface area contributed by atoms with Crippen LogP contribution in [0.25, 0.3) is 0 Å². The fraction of sp³-hybridized carbons (Fsp3) is 0.522. The highest BCUT2D eigenvalue weighted by Crippen LogP contribution is 2.29. The van der Waals surface area contributed by atoms with Crippen LogP contribution in [0.4, 0.5) is 0 Å². The number of benzene rings is 2. The van der Waals surface area contributed by atoms with Gasteiger partial charge in [-0.15, -0.1) is 10.2 Å². The van der Waals surface area contributed by atoms with Gasteiger partial charge in [0.1, 0.15) is 25.3 Å². The number of ether oxygens (including phenoxy) is 2. The summed E-state index contributed by atoms with van der Waals surface area (Å²) in [7, 11) is 3.34. The SMILES string of the molecule is CN[C@@H](C)C(=O)N[C@H](C(=O)N1CCCC1Cn1nnnc1Sc1ccccc1)[C@@H](C)OCC#CC#CCO[C@H](C)[C@H](NC(=O)[C@H](C)NC)C(=O)N1CCCC1Cn1nnnc1Sc1ccccc1. The molecule has 20 nitrogen and oxygen atoms in total. The first-order valence-corrected chi connectivity index (χ1v) is 24.3. The van der Waals surface area contributed by atoms with Crippen molar-refractivity contribution in [3.8, 4) is 23.7 Å². The first-order chi connectivity index (χ1) is 33.0. The fourth-order valence-corrected chi connectivity index (χ4v) is 9.22. The van der Waals surface area contributed by atoms with E-state index in [1.165, 1.54) is 23.5 Å². The minimum atomic E-state index is -0.993. The third kappa shape index (κ3) is 14.3. The standard InChI is InChI=1S/C46H60N14O6S2/c1-31(47-5)41(61)49-39(43(63)57-25-17-19-35(57)29-59-45(51-53-55-59)67-37-21-11-9-12-22-37)33(3)65-27-15-7-8-16-28-66-34(4)40(50-42(62)32(2)48-6)44(64)58-26-18-20-36(58)30-60-46(52-54-56-60)68-38-23-13-10-14-24-38/h9-14,21-24,31-36,39-40,47-48H,17-20,25-30H2,1-6H3,(H,49,61)(H,50,62)/t31-,32-,33+,34+,35?,36?,39-,40-/m0/s1. The van der Waals surface area contributed by atoms with Crippen LogP contribution in [0, 0.1) is 23.7 Å². The van der Waals surface area contributed by atoms with Crippen molar-refractivity contribution in [1.29, 1.82) is 0 Å². The lowest BCUT2D eigenvalue weighted by Crippen LogP contribution is -2.58. The van der Waals surface area contributed by atoms with Crippen molar-refractivity contribution >= 4 is 47.2 Å². The highest BCUT2D eigenvalue weighted by molar-refractivity contribution is 7.99. The molecule has 22 heteroatoms. The van der Waals surface area contributed by atoms with Crippen molar-refractivity contribution in [2.45, 2.75) is 135 Å². The van der Waals surface area contributed by atoms with Crippen LogP contribution in [0.2, 0.25) is 0 Å². The van der Waals surface area contributed by atoms with Crippen molar-refractivity contribution in [2.75, 3.05) is 40.4 Å². The van der Waals surface area contributed by atoms with Crippen LogP contribution in [-0.2, 0) is 41.7 Å². The molecule has 68 heavy (non-hydrogen) atoms. The summed E-state index contributed by atoms with van der Waals surface area (Å²) < 4.78 is 15.5. The van der Waals surface area contributed by atoms with Gasteiger partial charge in [-0.1, -0.05) is 48.2 Å². The van der Waals surface area contributed by atoms with Crippen LogP contribution in [-0.4, -0.2) is 163 Å². The van der Waals surface area contributed by atoms with Gasteiger partial charge < -0.3 is 40.5 Å². The van der Waals surface area contributed by atoms with E-state index in [2.05, 4.69) is 76.0 Å². The zero-order valence-corrected chi connectivity index (χ0v) is 40.8. The monoisotopic (exact) mass is 968 g/mol. The smallest absolute Gasteiger partial charge is 0.248 e. The van der Waals surface area contributed by atoms with E-state index in [1.54, 1.807) is 61.0 Å².